The summed E-state index contributed by atoms with van der Waals surface area (Å²) < 4.78 is 10.6. The summed E-state index contributed by atoms with van der Waals surface area (Å²) in [6, 6.07) is 6.98. The van der Waals surface area contributed by atoms with Crippen molar-refractivity contribution in [3.63, 3.8) is 0 Å². The lowest BCUT2D eigenvalue weighted by Gasteiger charge is -2.12. The molecule has 0 saturated carbocycles. The van der Waals surface area contributed by atoms with E-state index in [0.29, 0.717) is 12.3 Å². The fourth-order valence-corrected chi connectivity index (χ4v) is 2.19. The van der Waals surface area contributed by atoms with E-state index >= 15 is 0 Å². The molecule has 1 aliphatic rings. The Morgan fingerprint density at radius 2 is 2.24 bits per heavy atom. The summed E-state index contributed by atoms with van der Waals surface area (Å²) in [6.45, 7) is 1.93. The molecule has 6 nitrogen and oxygen atoms in total. The normalized spacial score (nSPS) is 21.0. The number of carbonyl (C=O) groups excluding carboxylic acids is 1. The van der Waals surface area contributed by atoms with Crippen molar-refractivity contribution in [2.75, 3.05) is 6.61 Å². The summed E-state index contributed by atoms with van der Waals surface area (Å²) in [5, 5.41) is 11.4. The number of carboxylic acids is 1. The maximum Gasteiger partial charge on any atom is 0.341 e. The van der Waals surface area contributed by atoms with Gasteiger partial charge in [-0.05, 0) is 37.5 Å². The number of aliphatic carboxylic acids is 1. The van der Waals surface area contributed by atoms with Gasteiger partial charge in [-0.3, -0.25) is 4.79 Å². The Morgan fingerprint density at radius 1 is 1.43 bits per heavy atom. The molecule has 0 radical (unpaired) electrons. The van der Waals surface area contributed by atoms with Crippen LogP contribution in [0.2, 0.25) is 0 Å². The molecule has 2 N–H and O–H groups in total. The highest BCUT2D eigenvalue weighted by Gasteiger charge is 2.27. The molecule has 6 heteroatoms. The zero-order valence-corrected chi connectivity index (χ0v) is 11.9. The molecule has 1 fully saturated rings. The number of rotatable bonds is 6. The lowest BCUT2D eigenvalue weighted by Crippen LogP contribution is -2.34. The van der Waals surface area contributed by atoms with Crippen molar-refractivity contribution in [2.24, 2.45) is 0 Å². The van der Waals surface area contributed by atoms with Crippen molar-refractivity contribution in [1.82, 2.24) is 5.32 Å². The molecule has 2 atom stereocenters. The summed E-state index contributed by atoms with van der Waals surface area (Å²) in [5.41, 5.74) is 0.845. The third kappa shape index (κ3) is 4.75. The smallest absolute Gasteiger partial charge is 0.341 e. The first kappa shape index (κ1) is 15.3. The van der Waals surface area contributed by atoms with Crippen LogP contribution in [0.1, 0.15) is 25.3 Å². The summed E-state index contributed by atoms with van der Waals surface area (Å²) in [4.78, 5) is 22.4. The van der Waals surface area contributed by atoms with Gasteiger partial charge in [0.1, 0.15) is 11.9 Å². The van der Waals surface area contributed by atoms with Crippen molar-refractivity contribution < 1.29 is 24.2 Å². The number of benzene rings is 1. The molecule has 21 heavy (non-hydrogen) atoms. The zero-order valence-electron chi connectivity index (χ0n) is 11.9. The van der Waals surface area contributed by atoms with Crippen molar-refractivity contribution in [3.05, 3.63) is 29.8 Å². The highest BCUT2D eigenvalue weighted by Crippen LogP contribution is 2.19. The average molecular weight is 293 g/mol. The number of hydrogen-bond donors (Lipinski definition) is 2. The van der Waals surface area contributed by atoms with Gasteiger partial charge in [-0.15, -0.1) is 0 Å². The summed E-state index contributed by atoms with van der Waals surface area (Å²) >= 11 is 0. The second kappa shape index (κ2) is 7.08. The van der Waals surface area contributed by atoms with E-state index in [1.807, 2.05) is 13.0 Å². The molecule has 1 aliphatic heterocycles. The van der Waals surface area contributed by atoms with Crippen molar-refractivity contribution in [3.8, 4) is 5.75 Å². The highest BCUT2D eigenvalue weighted by molar-refractivity contribution is 5.81. The van der Waals surface area contributed by atoms with Crippen LogP contribution in [0.25, 0.3) is 0 Å². The Balaban J connectivity index is 1.83. The molecule has 0 aromatic heterocycles. The number of nitrogens with one attached hydrogen (secondary N) is 1. The van der Waals surface area contributed by atoms with Gasteiger partial charge in [-0.1, -0.05) is 12.1 Å². The van der Waals surface area contributed by atoms with Crippen LogP contribution in [0.3, 0.4) is 0 Å². The predicted octanol–water partition coefficient (Wildman–Crippen LogP) is 1.33. The van der Waals surface area contributed by atoms with E-state index in [1.54, 1.807) is 18.2 Å². The van der Waals surface area contributed by atoms with Crippen molar-refractivity contribution in [2.45, 2.75) is 38.5 Å². The molecule has 1 aromatic carbocycles. The van der Waals surface area contributed by atoms with Gasteiger partial charge in [-0.2, -0.15) is 0 Å². The second-order valence-electron chi connectivity index (χ2n) is 5.06. The van der Waals surface area contributed by atoms with Crippen LogP contribution in [0.5, 0.6) is 5.75 Å². The van der Waals surface area contributed by atoms with E-state index in [-0.39, 0.29) is 24.7 Å². The minimum atomic E-state index is -1.03. The van der Waals surface area contributed by atoms with E-state index in [2.05, 4.69) is 5.32 Å². The van der Waals surface area contributed by atoms with Crippen molar-refractivity contribution in [1.29, 1.82) is 0 Å². The molecule has 2 rings (SSSR count). The van der Waals surface area contributed by atoms with Crippen LogP contribution in [0.4, 0.5) is 0 Å². The zero-order chi connectivity index (χ0) is 15.2. The fraction of sp³-hybridized carbons (Fsp3) is 0.467. The average Bonchev–Trinajstić information content (AvgIpc) is 2.90. The molecule has 114 valence electrons. The molecule has 1 amide bonds. The Labute approximate surface area is 123 Å². The van der Waals surface area contributed by atoms with Gasteiger partial charge in [0, 0.05) is 6.54 Å². The monoisotopic (exact) mass is 293 g/mol. The van der Waals surface area contributed by atoms with Crippen molar-refractivity contribution >= 4 is 11.9 Å². The number of amides is 1. The van der Waals surface area contributed by atoms with Gasteiger partial charge in [0.25, 0.3) is 0 Å². The Kier molecular flexibility index (Phi) is 5.16. The van der Waals surface area contributed by atoms with Gasteiger partial charge in [0.15, 0.2) is 6.61 Å². The number of hydrogen-bond acceptors (Lipinski definition) is 4. The summed E-state index contributed by atoms with van der Waals surface area (Å²) in [5.74, 6) is -0.674. The van der Waals surface area contributed by atoms with Gasteiger partial charge >= 0.3 is 5.97 Å². The first-order chi connectivity index (χ1) is 10.0. The lowest BCUT2D eigenvalue weighted by atomic mass is 10.2. The molecular formula is C15H19NO5. The molecule has 2 unspecified atom stereocenters. The third-order valence-corrected chi connectivity index (χ3v) is 3.25. The van der Waals surface area contributed by atoms with E-state index in [0.717, 1.165) is 18.4 Å². The van der Waals surface area contributed by atoms with Crippen LogP contribution in [-0.2, 0) is 20.9 Å². The van der Waals surface area contributed by atoms with Crippen LogP contribution in [-0.4, -0.2) is 35.8 Å². The van der Waals surface area contributed by atoms with E-state index in [9.17, 15) is 9.59 Å². The van der Waals surface area contributed by atoms with Gasteiger partial charge in [0.05, 0.1) is 6.10 Å². The van der Waals surface area contributed by atoms with Crippen LogP contribution < -0.4 is 10.1 Å². The minimum Gasteiger partial charge on any atom is -0.482 e. The lowest BCUT2D eigenvalue weighted by molar-refractivity contribution is -0.139. The van der Waals surface area contributed by atoms with Gasteiger partial charge < -0.3 is 19.9 Å². The van der Waals surface area contributed by atoms with Gasteiger partial charge in [0.2, 0.25) is 5.91 Å². The highest BCUT2D eigenvalue weighted by atomic mass is 16.5. The molecule has 0 bridgehead atoms. The van der Waals surface area contributed by atoms with E-state index in [4.69, 9.17) is 14.6 Å². The predicted molar refractivity (Wildman–Crippen MR) is 75.0 cm³/mol. The molecule has 0 aliphatic carbocycles. The number of carbonyl (C=O) groups is 2. The molecule has 0 spiro atoms. The van der Waals surface area contributed by atoms with Gasteiger partial charge in [-0.25, -0.2) is 4.79 Å². The van der Waals surface area contributed by atoms with Crippen LogP contribution in [0.15, 0.2) is 24.3 Å². The Hall–Kier alpha value is -2.08. The van der Waals surface area contributed by atoms with E-state index < -0.39 is 5.97 Å². The maximum absolute atomic E-state index is 11.9. The summed E-state index contributed by atoms with van der Waals surface area (Å²) in [6.07, 6.45) is 1.41. The number of carboxylic acid groups (broad SMARTS) is 1. The molecular weight excluding hydrogens is 274 g/mol. The fourth-order valence-electron chi connectivity index (χ4n) is 2.19. The first-order valence-corrected chi connectivity index (χ1v) is 6.91. The van der Waals surface area contributed by atoms with E-state index in [1.165, 1.54) is 0 Å². The first-order valence-electron chi connectivity index (χ1n) is 6.91. The standard InChI is InChI=1S/C15H19NO5/c1-10-5-6-13(21-10)15(19)16-8-11-3-2-4-12(7-11)20-9-14(17)18/h2-4,7,10,13H,5-6,8-9H2,1H3,(H,16,19)(H,17,18). The maximum atomic E-state index is 11.9. The molecule has 1 aromatic rings. The Bertz CT molecular complexity index is 517. The SMILES string of the molecule is CC1CCC(C(=O)NCc2cccc(OCC(=O)O)c2)O1. The van der Waals surface area contributed by atoms with Crippen LogP contribution >= 0.6 is 0 Å². The summed E-state index contributed by atoms with van der Waals surface area (Å²) in [7, 11) is 0. The Morgan fingerprint density at radius 3 is 2.90 bits per heavy atom. The third-order valence-electron chi connectivity index (χ3n) is 3.25. The number of ether oxygens (including phenoxy) is 2. The quantitative estimate of drug-likeness (QED) is 0.826. The van der Waals surface area contributed by atoms with Crippen LogP contribution in [0, 0.1) is 0 Å². The molecule has 1 saturated heterocycles. The minimum absolute atomic E-state index is 0.115. The largest absolute Gasteiger partial charge is 0.482 e. The molecule has 1 heterocycles. The second-order valence-corrected chi connectivity index (χ2v) is 5.06. The topological polar surface area (TPSA) is 84.9 Å².